The molecule has 0 unspecified atom stereocenters. The first-order chi connectivity index (χ1) is 6.46. The first kappa shape index (κ1) is 11.1. The lowest BCUT2D eigenvalue weighted by Gasteiger charge is -2.26. The number of imidazole rings is 1. The lowest BCUT2D eigenvalue weighted by atomic mass is 10.0. The molecule has 1 rings (SSSR count). The summed E-state index contributed by atoms with van der Waals surface area (Å²) in [7, 11) is 0. The number of nitrogens with one attached hydrogen (secondary N) is 1. The molecule has 0 saturated heterocycles. The SMILES string of the molecule is CCC(C)(C)Nc1nccn1C(C)C. The Morgan fingerprint density at radius 2 is 2.14 bits per heavy atom. The van der Waals surface area contributed by atoms with Crippen molar-refractivity contribution in [2.75, 3.05) is 5.32 Å². The van der Waals surface area contributed by atoms with Crippen LogP contribution < -0.4 is 5.32 Å². The van der Waals surface area contributed by atoms with Crippen LogP contribution >= 0.6 is 0 Å². The van der Waals surface area contributed by atoms with Crippen molar-refractivity contribution in [1.29, 1.82) is 0 Å². The zero-order valence-electron chi connectivity index (χ0n) is 9.83. The Morgan fingerprint density at radius 1 is 1.50 bits per heavy atom. The Kier molecular flexibility index (Phi) is 3.19. The molecule has 1 aromatic rings. The van der Waals surface area contributed by atoms with Crippen molar-refractivity contribution < 1.29 is 0 Å². The number of anilines is 1. The number of nitrogens with zero attached hydrogens (tertiary/aromatic N) is 2. The second-order valence-corrected chi connectivity index (χ2v) is 4.61. The molecule has 0 aromatic carbocycles. The van der Waals surface area contributed by atoms with Crippen molar-refractivity contribution in [2.24, 2.45) is 0 Å². The monoisotopic (exact) mass is 195 g/mol. The van der Waals surface area contributed by atoms with Gasteiger partial charge in [0.2, 0.25) is 5.95 Å². The topological polar surface area (TPSA) is 29.9 Å². The van der Waals surface area contributed by atoms with Crippen LogP contribution in [0.15, 0.2) is 12.4 Å². The summed E-state index contributed by atoms with van der Waals surface area (Å²) in [6.07, 6.45) is 4.94. The van der Waals surface area contributed by atoms with Crippen molar-refractivity contribution in [1.82, 2.24) is 9.55 Å². The molecule has 14 heavy (non-hydrogen) atoms. The molecule has 0 aliphatic heterocycles. The van der Waals surface area contributed by atoms with Gasteiger partial charge in [0.15, 0.2) is 0 Å². The molecular formula is C11H21N3. The van der Waals surface area contributed by atoms with Crippen LogP contribution in [-0.2, 0) is 0 Å². The maximum Gasteiger partial charge on any atom is 0.203 e. The highest BCUT2D eigenvalue weighted by atomic mass is 15.2. The van der Waals surface area contributed by atoms with Gasteiger partial charge >= 0.3 is 0 Å². The zero-order valence-corrected chi connectivity index (χ0v) is 9.83. The summed E-state index contributed by atoms with van der Waals surface area (Å²) in [5.41, 5.74) is 0.109. The molecule has 3 heteroatoms. The van der Waals surface area contributed by atoms with E-state index >= 15 is 0 Å². The van der Waals surface area contributed by atoms with E-state index in [1.165, 1.54) is 0 Å². The molecule has 0 fully saturated rings. The summed E-state index contributed by atoms with van der Waals surface area (Å²) in [6.45, 7) is 10.9. The molecular weight excluding hydrogens is 174 g/mol. The number of rotatable bonds is 4. The lowest BCUT2D eigenvalue weighted by molar-refractivity contribution is 0.524. The van der Waals surface area contributed by atoms with Gasteiger partial charge in [0.1, 0.15) is 0 Å². The number of aromatic nitrogens is 2. The maximum absolute atomic E-state index is 4.32. The van der Waals surface area contributed by atoms with Gasteiger partial charge in [-0.1, -0.05) is 6.92 Å². The fraction of sp³-hybridized carbons (Fsp3) is 0.727. The Bertz CT molecular complexity index is 286. The van der Waals surface area contributed by atoms with E-state index in [0.29, 0.717) is 6.04 Å². The second-order valence-electron chi connectivity index (χ2n) is 4.61. The molecule has 1 N–H and O–H groups in total. The van der Waals surface area contributed by atoms with Crippen LogP contribution in [0.4, 0.5) is 5.95 Å². The third-order valence-electron chi connectivity index (χ3n) is 2.56. The number of hydrogen-bond acceptors (Lipinski definition) is 2. The van der Waals surface area contributed by atoms with Gasteiger partial charge in [-0.25, -0.2) is 4.98 Å². The molecule has 0 amide bonds. The molecule has 0 aliphatic rings. The van der Waals surface area contributed by atoms with Crippen LogP contribution in [0.1, 0.15) is 47.1 Å². The lowest BCUT2D eigenvalue weighted by Crippen LogP contribution is -2.31. The smallest absolute Gasteiger partial charge is 0.203 e. The first-order valence-corrected chi connectivity index (χ1v) is 5.27. The van der Waals surface area contributed by atoms with E-state index in [2.05, 4.69) is 49.5 Å². The minimum Gasteiger partial charge on any atom is -0.351 e. The Labute approximate surface area is 86.5 Å². The van der Waals surface area contributed by atoms with Crippen molar-refractivity contribution >= 4 is 5.95 Å². The van der Waals surface area contributed by atoms with E-state index < -0.39 is 0 Å². The van der Waals surface area contributed by atoms with Crippen molar-refractivity contribution in [3.8, 4) is 0 Å². The minimum absolute atomic E-state index is 0.109. The summed E-state index contributed by atoms with van der Waals surface area (Å²) in [6, 6.07) is 0.452. The summed E-state index contributed by atoms with van der Waals surface area (Å²) >= 11 is 0. The van der Waals surface area contributed by atoms with Gasteiger partial charge < -0.3 is 9.88 Å². The van der Waals surface area contributed by atoms with Crippen LogP contribution in [0.25, 0.3) is 0 Å². The van der Waals surface area contributed by atoms with Gasteiger partial charge in [-0.3, -0.25) is 0 Å². The average Bonchev–Trinajstić information content (AvgIpc) is 2.51. The highest BCUT2D eigenvalue weighted by Crippen LogP contribution is 2.19. The molecule has 0 saturated carbocycles. The van der Waals surface area contributed by atoms with E-state index in [0.717, 1.165) is 12.4 Å². The molecule has 1 heterocycles. The predicted octanol–water partition coefficient (Wildman–Crippen LogP) is 3.06. The fourth-order valence-electron chi connectivity index (χ4n) is 1.22. The largest absolute Gasteiger partial charge is 0.351 e. The van der Waals surface area contributed by atoms with E-state index in [1.54, 1.807) is 0 Å². The number of hydrogen-bond donors (Lipinski definition) is 1. The third kappa shape index (κ3) is 2.50. The van der Waals surface area contributed by atoms with Crippen LogP contribution in [0.3, 0.4) is 0 Å². The summed E-state index contributed by atoms with van der Waals surface area (Å²) in [5, 5.41) is 3.45. The third-order valence-corrected chi connectivity index (χ3v) is 2.56. The summed E-state index contributed by atoms with van der Waals surface area (Å²) < 4.78 is 2.15. The fourth-order valence-corrected chi connectivity index (χ4v) is 1.22. The van der Waals surface area contributed by atoms with Crippen LogP contribution in [0.5, 0.6) is 0 Å². The van der Waals surface area contributed by atoms with Gasteiger partial charge in [-0.05, 0) is 34.1 Å². The Balaban J connectivity index is 2.81. The second kappa shape index (κ2) is 4.03. The van der Waals surface area contributed by atoms with Gasteiger partial charge in [0.25, 0.3) is 0 Å². The highest BCUT2D eigenvalue weighted by molar-refractivity contribution is 5.30. The predicted molar refractivity (Wildman–Crippen MR) is 60.6 cm³/mol. The standard InChI is InChI=1S/C11H21N3/c1-6-11(4,5)13-10-12-7-8-14(10)9(2)3/h7-9H,6H2,1-5H3,(H,12,13). The van der Waals surface area contributed by atoms with Crippen molar-refractivity contribution in [2.45, 2.75) is 52.6 Å². The average molecular weight is 195 g/mol. The normalized spacial score (nSPS) is 12.1. The summed E-state index contributed by atoms with van der Waals surface area (Å²) in [4.78, 5) is 4.32. The quantitative estimate of drug-likeness (QED) is 0.800. The molecule has 0 spiro atoms. The van der Waals surface area contributed by atoms with E-state index in [4.69, 9.17) is 0 Å². The zero-order chi connectivity index (χ0) is 10.8. The Morgan fingerprint density at radius 3 is 2.64 bits per heavy atom. The maximum atomic E-state index is 4.32. The van der Waals surface area contributed by atoms with E-state index in [9.17, 15) is 0 Å². The molecule has 0 radical (unpaired) electrons. The highest BCUT2D eigenvalue weighted by Gasteiger charge is 2.17. The molecule has 0 bridgehead atoms. The van der Waals surface area contributed by atoms with Crippen LogP contribution in [0, 0.1) is 0 Å². The first-order valence-electron chi connectivity index (χ1n) is 5.27. The van der Waals surface area contributed by atoms with Crippen molar-refractivity contribution in [3.63, 3.8) is 0 Å². The Hall–Kier alpha value is -0.990. The molecule has 1 aromatic heterocycles. The molecule has 80 valence electrons. The summed E-state index contributed by atoms with van der Waals surface area (Å²) in [5.74, 6) is 0.965. The van der Waals surface area contributed by atoms with Gasteiger partial charge in [-0.2, -0.15) is 0 Å². The van der Waals surface area contributed by atoms with E-state index in [1.807, 2.05) is 12.4 Å². The van der Waals surface area contributed by atoms with Gasteiger partial charge in [-0.15, -0.1) is 0 Å². The van der Waals surface area contributed by atoms with Crippen LogP contribution in [-0.4, -0.2) is 15.1 Å². The molecule has 0 aliphatic carbocycles. The molecule has 0 atom stereocenters. The van der Waals surface area contributed by atoms with Crippen molar-refractivity contribution in [3.05, 3.63) is 12.4 Å². The van der Waals surface area contributed by atoms with E-state index in [-0.39, 0.29) is 5.54 Å². The molecule has 3 nitrogen and oxygen atoms in total. The van der Waals surface area contributed by atoms with Gasteiger partial charge in [0, 0.05) is 24.0 Å². The minimum atomic E-state index is 0.109. The van der Waals surface area contributed by atoms with Crippen LogP contribution in [0.2, 0.25) is 0 Å². The van der Waals surface area contributed by atoms with Gasteiger partial charge in [0.05, 0.1) is 0 Å².